The number of anilines is 3. The van der Waals surface area contributed by atoms with Gasteiger partial charge >= 0.3 is 0 Å². The predicted octanol–water partition coefficient (Wildman–Crippen LogP) is 4.94. The van der Waals surface area contributed by atoms with E-state index < -0.39 is 0 Å². The highest BCUT2D eigenvalue weighted by atomic mass is 35.5. The number of hydrogen-bond donors (Lipinski definition) is 1. The molecule has 3 heterocycles. The summed E-state index contributed by atoms with van der Waals surface area (Å²) in [6.45, 7) is 3.54. The average Bonchev–Trinajstić information content (AvgIpc) is 3.44. The number of benzene rings is 2. The van der Waals surface area contributed by atoms with Crippen LogP contribution in [0.4, 0.5) is 17.4 Å². The van der Waals surface area contributed by atoms with E-state index in [9.17, 15) is 4.79 Å². The molecule has 0 atom stereocenters. The normalized spacial score (nSPS) is 17.6. The fourth-order valence-electron chi connectivity index (χ4n) is 4.41. The monoisotopic (exact) mass is 424 g/mol. The van der Waals surface area contributed by atoms with E-state index in [1.54, 1.807) is 0 Å². The first-order valence-corrected chi connectivity index (χ1v) is 11.0. The molecule has 0 spiro atoms. The maximum atomic E-state index is 13.0. The molecule has 0 unspecified atom stereocenters. The van der Waals surface area contributed by atoms with Crippen LogP contribution in [0.2, 0.25) is 5.02 Å². The van der Waals surface area contributed by atoms with E-state index in [4.69, 9.17) is 16.0 Å². The lowest BCUT2D eigenvalue weighted by atomic mass is 9.96. The zero-order valence-electron chi connectivity index (χ0n) is 16.8. The summed E-state index contributed by atoms with van der Waals surface area (Å²) in [5, 5.41) is 3.79. The summed E-state index contributed by atoms with van der Waals surface area (Å²) in [5.41, 5.74) is 3.54. The summed E-state index contributed by atoms with van der Waals surface area (Å²) >= 11 is 6.22. The third kappa shape index (κ3) is 3.84. The second kappa shape index (κ2) is 8.19. The minimum absolute atomic E-state index is 0.0314. The molecule has 2 aliphatic heterocycles. The third-order valence-corrected chi connectivity index (χ3v) is 6.32. The minimum atomic E-state index is -0.0314. The van der Waals surface area contributed by atoms with Gasteiger partial charge in [0.1, 0.15) is 5.52 Å². The number of nitrogens with zero attached hydrogens (tertiary/aromatic N) is 3. The summed E-state index contributed by atoms with van der Waals surface area (Å²) < 4.78 is 5.88. The van der Waals surface area contributed by atoms with Crippen LogP contribution in [0.25, 0.3) is 11.1 Å². The number of oxazole rings is 1. The molecule has 2 fully saturated rings. The van der Waals surface area contributed by atoms with Crippen LogP contribution in [-0.4, -0.2) is 37.1 Å². The zero-order valence-corrected chi connectivity index (χ0v) is 17.6. The van der Waals surface area contributed by atoms with Crippen molar-refractivity contribution < 1.29 is 9.21 Å². The van der Waals surface area contributed by atoms with E-state index in [-0.39, 0.29) is 11.8 Å². The van der Waals surface area contributed by atoms with Gasteiger partial charge in [0.2, 0.25) is 5.91 Å². The van der Waals surface area contributed by atoms with E-state index in [1.165, 1.54) is 12.8 Å². The van der Waals surface area contributed by atoms with E-state index in [2.05, 4.69) is 20.1 Å². The molecular formula is C23H25ClN4O2. The Morgan fingerprint density at radius 3 is 2.57 bits per heavy atom. The van der Waals surface area contributed by atoms with Crippen LogP contribution < -0.4 is 15.1 Å². The van der Waals surface area contributed by atoms with Crippen LogP contribution in [0.1, 0.15) is 25.7 Å². The largest absolute Gasteiger partial charge is 0.423 e. The lowest BCUT2D eigenvalue weighted by molar-refractivity contribution is -0.120. The fourth-order valence-corrected chi connectivity index (χ4v) is 4.58. The molecule has 2 aromatic carbocycles. The number of amides is 1. The Morgan fingerprint density at radius 2 is 1.80 bits per heavy atom. The molecular weight excluding hydrogens is 400 g/mol. The Bertz CT molecular complexity index is 1020. The Labute approximate surface area is 180 Å². The van der Waals surface area contributed by atoms with Gasteiger partial charge in [0.25, 0.3) is 6.01 Å². The average molecular weight is 425 g/mol. The van der Waals surface area contributed by atoms with Crippen molar-refractivity contribution in [2.75, 3.05) is 41.3 Å². The van der Waals surface area contributed by atoms with E-state index in [1.807, 2.05) is 42.5 Å². The van der Waals surface area contributed by atoms with Gasteiger partial charge < -0.3 is 19.5 Å². The van der Waals surface area contributed by atoms with Gasteiger partial charge in [-0.25, -0.2) is 0 Å². The molecule has 1 N–H and O–H groups in total. The number of halogens is 1. The summed E-state index contributed by atoms with van der Waals surface area (Å²) in [7, 11) is 0. The Morgan fingerprint density at radius 1 is 1.03 bits per heavy atom. The fraction of sp³-hybridized carbons (Fsp3) is 0.391. The van der Waals surface area contributed by atoms with Crippen LogP contribution in [0.3, 0.4) is 0 Å². The maximum Gasteiger partial charge on any atom is 0.298 e. The van der Waals surface area contributed by atoms with Crippen molar-refractivity contribution in [2.45, 2.75) is 25.7 Å². The van der Waals surface area contributed by atoms with Crippen molar-refractivity contribution in [3.63, 3.8) is 0 Å². The zero-order chi connectivity index (χ0) is 20.5. The van der Waals surface area contributed by atoms with Crippen molar-refractivity contribution in [3.05, 3.63) is 47.5 Å². The first-order chi connectivity index (χ1) is 14.7. The summed E-state index contributed by atoms with van der Waals surface area (Å²) in [6, 6.07) is 14.2. The Hall–Kier alpha value is -2.73. The molecule has 156 valence electrons. The van der Waals surface area contributed by atoms with Crippen molar-refractivity contribution in [1.29, 1.82) is 0 Å². The summed E-state index contributed by atoms with van der Waals surface area (Å²) in [4.78, 5) is 22.0. The molecule has 0 bridgehead atoms. The molecule has 2 aliphatic rings. The standard InChI is InChI=1S/C23H25ClN4O2/c24-17-7-8-20(27-11-3-4-12-27)19(15-17)25-22(29)16-9-13-28(14-10-16)23-26-18-5-1-2-6-21(18)30-23/h1-2,5-8,15-16H,3-4,9-14H2,(H,25,29). The molecule has 0 saturated carbocycles. The Balaban J connectivity index is 1.24. The van der Waals surface area contributed by atoms with Gasteiger partial charge in [-0.1, -0.05) is 23.7 Å². The van der Waals surface area contributed by atoms with Gasteiger partial charge in [-0.3, -0.25) is 4.79 Å². The lowest BCUT2D eigenvalue weighted by Gasteiger charge is -2.30. The predicted molar refractivity (Wildman–Crippen MR) is 120 cm³/mol. The van der Waals surface area contributed by atoms with Gasteiger partial charge in [-0.15, -0.1) is 0 Å². The van der Waals surface area contributed by atoms with Crippen LogP contribution in [0.5, 0.6) is 0 Å². The molecule has 7 heteroatoms. The third-order valence-electron chi connectivity index (χ3n) is 6.08. The second-order valence-corrected chi connectivity index (χ2v) is 8.51. The van der Waals surface area contributed by atoms with E-state index in [0.717, 1.165) is 61.5 Å². The van der Waals surface area contributed by atoms with Crippen molar-refractivity contribution in [1.82, 2.24) is 4.98 Å². The lowest BCUT2D eigenvalue weighted by Crippen LogP contribution is -2.38. The minimum Gasteiger partial charge on any atom is -0.423 e. The summed E-state index contributed by atoms with van der Waals surface area (Å²) in [6.07, 6.45) is 3.91. The second-order valence-electron chi connectivity index (χ2n) is 8.07. The van der Waals surface area contributed by atoms with Crippen molar-refractivity contribution in [2.24, 2.45) is 5.92 Å². The molecule has 3 aromatic rings. The molecule has 2 saturated heterocycles. The van der Waals surface area contributed by atoms with Crippen molar-refractivity contribution >= 4 is 46.0 Å². The number of nitrogens with one attached hydrogen (secondary N) is 1. The summed E-state index contributed by atoms with van der Waals surface area (Å²) in [5.74, 6) is 0.0333. The number of hydrogen-bond acceptors (Lipinski definition) is 5. The number of aromatic nitrogens is 1. The topological polar surface area (TPSA) is 61.6 Å². The van der Waals surface area contributed by atoms with Gasteiger partial charge in [-0.05, 0) is 56.0 Å². The highest BCUT2D eigenvalue weighted by Gasteiger charge is 2.28. The molecule has 1 amide bonds. The number of carbonyl (C=O) groups is 1. The number of piperidine rings is 1. The molecule has 1 aromatic heterocycles. The van der Waals surface area contributed by atoms with E-state index in [0.29, 0.717) is 11.0 Å². The molecule has 0 aliphatic carbocycles. The van der Waals surface area contributed by atoms with Crippen LogP contribution in [0, 0.1) is 5.92 Å². The van der Waals surface area contributed by atoms with Crippen LogP contribution in [0.15, 0.2) is 46.9 Å². The van der Waals surface area contributed by atoms with Gasteiger partial charge in [0.15, 0.2) is 5.58 Å². The van der Waals surface area contributed by atoms with Gasteiger partial charge in [0.05, 0.1) is 11.4 Å². The number of carbonyl (C=O) groups excluding carboxylic acids is 1. The van der Waals surface area contributed by atoms with Crippen LogP contribution >= 0.6 is 11.6 Å². The van der Waals surface area contributed by atoms with Gasteiger partial charge in [-0.2, -0.15) is 4.98 Å². The number of para-hydroxylation sites is 2. The molecule has 5 rings (SSSR count). The maximum absolute atomic E-state index is 13.0. The smallest absolute Gasteiger partial charge is 0.298 e. The molecule has 30 heavy (non-hydrogen) atoms. The first-order valence-electron chi connectivity index (χ1n) is 10.6. The van der Waals surface area contributed by atoms with E-state index >= 15 is 0 Å². The first kappa shape index (κ1) is 19.2. The number of rotatable bonds is 4. The molecule has 6 nitrogen and oxygen atoms in total. The molecule has 0 radical (unpaired) electrons. The highest BCUT2D eigenvalue weighted by molar-refractivity contribution is 6.31. The van der Waals surface area contributed by atoms with Gasteiger partial charge in [0, 0.05) is 37.1 Å². The highest BCUT2D eigenvalue weighted by Crippen LogP contribution is 2.33. The Kier molecular flexibility index (Phi) is 5.25. The quantitative estimate of drug-likeness (QED) is 0.643. The van der Waals surface area contributed by atoms with Crippen LogP contribution in [-0.2, 0) is 4.79 Å². The SMILES string of the molecule is O=C(Nc1cc(Cl)ccc1N1CCCC1)C1CCN(c2nc3ccccc3o2)CC1. The van der Waals surface area contributed by atoms with Crippen molar-refractivity contribution in [3.8, 4) is 0 Å². The number of fused-ring (bicyclic) bond motifs is 1.